The summed E-state index contributed by atoms with van der Waals surface area (Å²) in [7, 11) is 0. The number of benzene rings is 2. The standard InChI is InChI=1S/C25H27N3O4/c1-2-3-14-32-25(31)17-8-10-19(11-9-17)28-23(29)15-22(24(28)30)26-13-12-18-16-27-21-7-5-4-6-20(18)21/h4-11,16,22,26-27H,2-3,12-15H2,1H3. The van der Waals surface area contributed by atoms with Gasteiger partial charge in [0.05, 0.1) is 30.3 Å². The first-order chi connectivity index (χ1) is 15.6. The second-order valence-corrected chi connectivity index (χ2v) is 7.92. The monoisotopic (exact) mass is 433 g/mol. The van der Waals surface area contributed by atoms with Crippen molar-refractivity contribution in [1.82, 2.24) is 10.3 Å². The average molecular weight is 434 g/mol. The number of nitrogens with one attached hydrogen (secondary N) is 2. The van der Waals surface area contributed by atoms with Crippen LogP contribution in [0.25, 0.3) is 10.9 Å². The highest BCUT2D eigenvalue weighted by Gasteiger charge is 2.39. The number of nitrogens with zero attached hydrogens (tertiary/aromatic N) is 1. The minimum absolute atomic E-state index is 0.119. The zero-order valence-electron chi connectivity index (χ0n) is 18.1. The van der Waals surface area contributed by atoms with E-state index in [1.807, 2.05) is 31.3 Å². The van der Waals surface area contributed by atoms with Gasteiger partial charge in [0, 0.05) is 23.6 Å². The minimum atomic E-state index is -0.550. The Morgan fingerprint density at radius 1 is 1.16 bits per heavy atom. The van der Waals surface area contributed by atoms with E-state index in [1.165, 1.54) is 10.5 Å². The van der Waals surface area contributed by atoms with Gasteiger partial charge in [0.15, 0.2) is 0 Å². The number of esters is 1. The van der Waals surface area contributed by atoms with Crippen molar-refractivity contribution in [3.63, 3.8) is 0 Å². The maximum absolute atomic E-state index is 12.9. The van der Waals surface area contributed by atoms with Crippen LogP contribution in [0.15, 0.2) is 54.7 Å². The van der Waals surface area contributed by atoms with Crippen molar-refractivity contribution in [2.75, 3.05) is 18.1 Å². The van der Waals surface area contributed by atoms with E-state index in [2.05, 4.69) is 16.4 Å². The molecule has 1 saturated heterocycles. The number of fused-ring (bicyclic) bond motifs is 1. The Kier molecular flexibility index (Phi) is 6.66. The van der Waals surface area contributed by atoms with E-state index in [9.17, 15) is 14.4 Å². The van der Waals surface area contributed by atoms with Gasteiger partial charge in [0.2, 0.25) is 5.91 Å². The molecule has 2 amide bonds. The molecule has 3 aromatic rings. The molecule has 7 heteroatoms. The normalized spacial score (nSPS) is 16.2. The zero-order valence-corrected chi connectivity index (χ0v) is 18.1. The third-order valence-corrected chi connectivity index (χ3v) is 5.70. The van der Waals surface area contributed by atoms with Gasteiger partial charge in [-0.25, -0.2) is 9.69 Å². The van der Waals surface area contributed by atoms with Crippen molar-refractivity contribution in [2.45, 2.75) is 38.6 Å². The van der Waals surface area contributed by atoms with Crippen LogP contribution in [-0.4, -0.2) is 42.0 Å². The molecule has 4 rings (SSSR count). The quantitative estimate of drug-likeness (QED) is 0.306. The number of hydrogen-bond acceptors (Lipinski definition) is 5. The van der Waals surface area contributed by atoms with Crippen molar-refractivity contribution in [3.8, 4) is 0 Å². The average Bonchev–Trinajstić information content (AvgIpc) is 3.34. The second kappa shape index (κ2) is 9.78. The summed E-state index contributed by atoms with van der Waals surface area (Å²) < 4.78 is 5.20. The molecule has 32 heavy (non-hydrogen) atoms. The summed E-state index contributed by atoms with van der Waals surface area (Å²) in [6.45, 7) is 2.99. The van der Waals surface area contributed by atoms with Crippen molar-refractivity contribution in [1.29, 1.82) is 0 Å². The molecule has 2 N–H and O–H groups in total. The third kappa shape index (κ3) is 4.57. The number of H-pyrrole nitrogens is 1. The predicted molar refractivity (Wildman–Crippen MR) is 123 cm³/mol. The summed E-state index contributed by atoms with van der Waals surface area (Å²) in [5.74, 6) is -0.925. The first-order valence-electron chi connectivity index (χ1n) is 11.0. The number of imide groups is 1. The largest absolute Gasteiger partial charge is 0.462 e. The fourth-order valence-corrected chi connectivity index (χ4v) is 3.92. The molecule has 0 bridgehead atoms. The Morgan fingerprint density at radius 2 is 1.94 bits per heavy atom. The van der Waals surface area contributed by atoms with Gasteiger partial charge in [-0.1, -0.05) is 31.5 Å². The lowest BCUT2D eigenvalue weighted by Gasteiger charge is -2.16. The van der Waals surface area contributed by atoms with Gasteiger partial charge in [0.1, 0.15) is 0 Å². The Balaban J connectivity index is 1.34. The molecule has 0 spiro atoms. The third-order valence-electron chi connectivity index (χ3n) is 5.70. The summed E-state index contributed by atoms with van der Waals surface area (Å²) in [6.07, 6.45) is 4.61. The summed E-state index contributed by atoms with van der Waals surface area (Å²) in [6, 6.07) is 13.9. The lowest BCUT2D eigenvalue weighted by Crippen LogP contribution is -2.39. The lowest BCUT2D eigenvalue weighted by molar-refractivity contribution is -0.121. The van der Waals surface area contributed by atoms with Crippen LogP contribution in [0.3, 0.4) is 0 Å². The fourth-order valence-electron chi connectivity index (χ4n) is 3.92. The van der Waals surface area contributed by atoms with Crippen LogP contribution in [-0.2, 0) is 20.7 Å². The summed E-state index contributed by atoms with van der Waals surface area (Å²) in [4.78, 5) is 41.9. The molecule has 166 valence electrons. The molecule has 2 aromatic carbocycles. The Hall–Kier alpha value is -3.45. The molecule has 2 heterocycles. The smallest absolute Gasteiger partial charge is 0.338 e. The minimum Gasteiger partial charge on any atom is -0.462 e. The molecule has 7 nitrogen and oxygen atoms in total. The number of rotatable bonds is 9. The van der Waals surface area contributed by atoms with Crippen molar-refractivity contribution in [3.05, 3.63) is 65.9 Å². The van der Waals surface area contributed by atoms with Gasteiger partial charge in [-0.05, 0) is 48.7 Å². The first-order valence-corrected chi connectivity index (χ1v) is 11.0. The van der Waals surface area contributed by atoms with E-state index in [4.69, 9.17) is 4.74 Å². The lowest BCUT2D eigenvalue weighted by atomic mass is 10.1. The van der Waals surface area contributed by atoms with E-state index in [0.717, 1.165) is 30.2 Å². The zero-order chi connectivity index (χ0) is 22.5. The maximum Gasteiger partial charge on any atom is 0.338 e. The van der Waals surface area contributed by atoms with Gasteiger partial charge < -0.3 is 15.0 Å². The number of aromatic nitrogens is 1. The van der Waals surface area contributed by atoms with Crippen molar-refractivity contribution >= 4 is 34.4 Å². The topological polar surface area (TPSA) is 91.5 Å². The van der Waals surface area contributed by atoms with E-state index < -0.39 is 12.0 Å². The van der Waals surface area contributed by atoms with E-state index in [1.54, 1.807) is 24.3 Å². The molecule has 1 fully saturated rings. The van der Waals surface area contributed by atoms with E-state index in [0.29, 0.717) is 24.4 Å². The molecule has 0 aliphatic carbocycles. The highest BCUT2D eigenvalue weighted by Crippen LogP contribution is 2.24. The second-order valence-electron chi connectivity index (χ2n) is 7.92. The molecule has 1 aliphatic heterocycles. The SMILES string of the molecule is CCCCOC(=O)c1ccc(N2C(=O)CC(NCCc3c[nH]c4ccccc34)C2=O)cc1. The van der Waals surface area contributed by atoms with E-state index >= 15 is 0 Å². The van der Waals surface area contributed by atoms with Gasteiger partial charge in [-0.2, -0.15) is 0 Å². The van der Waals surface area contributed by atoms with Gasteiger partial charge in [-0.3, -0.25) is 9.59 Å². The Labute approximate surface area is 186 Å². The van der Waals surface area contributed by atoms with E-state index in [-0.39, 0.29) is 18.2 Å². The van der Waals surface area contributed by atoms with Gasteiger partial charge in [0.25, 0.3) is 5.91 Å². The van der Waals surface area contributed by atoms with Gasteiger partial charge in [-0.15, -0.1) is 0 Å². The highest BCUT2D eigenvalue weighted by atomic mass is 16.5. The maximum atomic E-state index is 12.9. The van der Waals surface area contributed by atoms with Crippen molar-refractivity contribution < 1.29 is 19.1 Å². The number of carbonyl (C=O) groups excluding carboxylic acids is 3. The highest BCUT2D eigenvalue weighted by molar-refractivity contribution is 6.22. The van der Waals surface area contributed by atoms with Crippen LogP contribution in [0, 0.1) is 0 Å². The summed E-state index contributed by atoms with van der Waals surface area (Å²) in [5, 5.41) is 4.39. The number of unbranched alkanes of at least 4 members (excludes halogenated alkanes) is 1. The molecule has 0 saturated carbocycles. The number of anilines is 1. The number of para-hydroxylation sites is 1. The molecule has 0 radical (unpaired) electrons. The first kappa shape index (κ1) is 21.8. The number of aromatic amines is 1. The number of carbonyl (C=O) groups is 3. The van der Waals surface area contributed by atoms with Crippen molar-refractivity contribution in [2.24, 2.45) is 0 Å². The van der Waals surface area contributed by atoms with Crippen LogP contribution in [0.2, 0.25) is 0 Å². The summed E-state index contributed by atoms with van der Waals surface area (Å²) >= 11 is 0. The summed E-state index contributed by atoms with van der Waals surface area (Å²) in [5.41, 5.74) is 3.12. The van der Waals surface area contributed by atoms with Crippen LogP contribution in [0.4, 0.5) is 5.69 Å². The van der Waals surface area contributed by atoms with Gasteiger partial charge >= 0.3 is 5.97 Å². The van der Waals surface area contributed by atoms with Crippen LogP contribution in [0.5, 0.6) is 0 Å². The Morgan fingerprint density at radius 3 is 2.72 bits per heavy atom. The molecule has 1 aromatic heterocycles. The molecule has 1 aliphatic rings. The molecule has 1 unspecified atom stereocenters. The number of ether oxygens (including phenoxy) is 1. The molecular weight excluding hydrogens is 406 g/mol. The molecule has 1 atom stereocenters. The van der Waals surface area contributed by atoms with Crippen LogP contribution < -0.4 is 10.2 Å². The molecular formula is C25H27N3O4. The predicted octanol–water partition coefficient (Wildman–Crippen LogP) is 3.59. The number of amides is 2. The van der Waals surface area contributed by atoms with Crippen LogP contribution >= 0.6 is 0 Å². The Bertz CT molecular complexity index is 1120. The number of hydrogen-bond donors (Lipinski definition) is 2. The fraction of sp³-hybridized carbons (Fsp3) is 0.320. The van der Waals surface area contributed by atoms with Crippen LogP contribution in [0.1, 0.15) is 42.1 Å².